The number of ether oxygens (including phenoxy) is 1. The van der Waals surface area contributed by atoms with Crippen LogP contribution < -0.4 is 15.2 Å². The van der Waals surface area contributed by atoms with Crippen molar-refractivity contribution in [2.24, 2.45) is 13.0 Å². The number of hydrogen-bond acceptors (Lipinski definition) is 6. The number of nitrogens with one attached hydrogen (secondary N) is 1. The first kappa shape index (κ1) is 20.1. The van der Waals surface area contributed by atoms with E-state index in [9.17, 15) is 9.90 Å². The molecule has 1 saturated heterocycles. The van der Waals surface area contributed by atoms with E-state index in [-0.39, 0.29) is 23.2 Å². The molecule has 1 saturated carbocycles. The average Bonchev–Trinajstić information content (AvgIpc) is 3.36. The van der Waals surface area contributed by atoms with Crippen LogP contribution in [0, 0.1) is 5.92 Å². The Bertz CT molecular complexity index is 1170. The minimum Gasteiger partial charge on any atom is -0.488 e. The fourth-order valence-corrected chi connectivity index (χ4v) is 4.23. The van der Waals surface area contributed by atoms with Crippen molar-refractivity contribution in [1.29, 1.82) is 0 Å². The molecule has 0 unspecified atom stereocenters. The van der Waals surface area contributed by atoms with Crippen molar-refractivity contribution in [3.63, 3.8) is 0 Å². The molecule has 1 aromatic carbocycles. The second-order valence-electron chi connectivity index (χ2n) is 9.28. The van der Waals surface area contributed by atoms with Gasteiger partial charge in [0, 0.05) is 25.5 Å². The van der Waals surface area contributed by atoms with Gasteiger partial charge in [-0.05, 0) is 62.8 Å². The quantitative estimate of drug-likeness (QED) is 0.670. The lowest BCUT2D eigenvalue weighted by atomic mass is 10.0. The minimum absolute atomic E-state index is 0.0614. The Labute approximate surface area is 180 Å². The normalized spacial score (nSPS) is 23.0. The molecule has 2 aromatic heterocycles. The molecule has 0 spiro atoms. The van der Waals surface area contributed by atoms with Crippen molar-refractivity contribution in [3.8, 4) is 17.1 Å². The monoisotopic (exact) mass is 423 g/mol. The third kappa shape index (κ3) is 3.80. The first-order valence-corrected chi connectivity index (χ1v) is 11.0. The Morgan fingerprint density at radius 2 is 2.00 bits per heavy atom. The summed E-state index contributed by atoms with van der Waals surface area (Å²) in [6, 6.07) is 7.74. The molecular formula is C23H29N5O3. The van der Waals surface area contributed by atoms with Crippen LogP contribution in [0.2, 0.25) is 0 Å². The highest BCUT2D eigenvalue weighted by Gasteiger charge is 2.40. The van der Waals surface area contributed by atoms with Crippen LogP contribution in [0.15, 0.2) is 29.1 Å². The number of rotatable bonds is 4. The van der Waals surface area contributed by atoms with E-state index < -0.39 is 0 Å². The van der Waals surface area contributed by atoms with Crippen molar-refractivity contribution < 1.29 is 9.84 Å². The molecule has 1 aliphatic heterocycles. The largest absolute Gasteiger partial charge is 0.488 e. The topological polar surface area (TPSA) is 96.3 Å². The lowest BCUT2D eigenvalue weighted by Gasteiger charge is -2.22. The predicted octanol–water partition coefficient (Wildman–Crippen LogP) is 2.85. The number of benzene rings is 1. The zero-order valence-electron chi connectivity index (χ0n) is 18.3. The van der Waals surface area contributed by atoms with E-state index in [2.05, 4.69) is 34.0 Å². The summed E-state index contributed by atoms with van der Waals surface area (Å²) < 4.78 is 7.50. The van der Waals surface area contributed by atoms with Gasteiger partial charge in [-0.2, -0.15) is 10.2 Å². The summed E-state index contributed by atoms with van der Waals surface area (Å²) in [5.41, 5.74) is 2.62. The zero-order chi connectivity index (χ0) is 21.8. The van der Waals surface area contributed by atoms with Gasteiger partial charge in [-0.15, -0.1) is 0 Å². The third-order valence-corrected chi connectivity index (χ3v) is 6.69. The van der Waals surface area contributed by atoms with E-state index >= 15 is 0 Å². The number of aliphatic hydroxyl groups is 1. The van der Waals surface area contributed by atoms with Crippen molar-refractivity contribution in [1.82, 2.24) is 20.0 Å². The molecule has 5 rings (SSSR count). The van der Waals surface area contributed by atoms with Crippen LogP contribution in [-0.4, -0.2) is 49.9 Å². The average molecular weight is 424 g/mol. The van der Waals surface area contributed by atoms with Gasteiger partial charge in [0.2, 0.25) is 0 Å². The molecule has 0 radical (unpaired) electrons. The first-order valence-electron chi connectivity index (χ1n) is 11.0. The maximum absolute atomic E-state index is 12.9. The van der Waals surface area contributed by atoms with E-state index in [4.69, 9.17) is 4.74 Å². The number of fused-ring (bicyclic) bond motifs is 1. The molecule has 2 fully saturated rings. The number of aromatic amines is 1. The van der Waals surface area contributed by atoms with Gasteiger partial charge >= 0.3 is 0 Å². The zero-order valence-corrected chi connectivity index (χ0v) is 18.3. The molecule has 3 aromatic rings. The summed E-state index contributed by atoms with van der Waals surface area (Å²) in [5, 5.41) is 23.2. The summed E-state index contributed by atoms with van der Waals surface area (Å²) in [6.07, 6.45) is 3.28. The minimum atomic E-state index is -0.336. The summed E-state index contributed by atoms with van der Waals surface area (Å²) >= 11 is 0. The van der Waals surface area contributed by atoms with Crippen LogP contribution in [0.3, 0.4) is 0 Å². The Balaban J connectivity index is 1.54. The Morgan fingerprint density at radius 1 is 1.23 bits per heavy atom. The Hall–Kier alpha value is -2.87. The van der Waals surface area contributed by atoms with Gasteiger partial charge in [0.05, 0.1) is 11.6 Å². The molecule has 2 atom stereocenters. The van der Waals surface area contributed by atoms with Crippen molar-refractivity contribution in [2.75, 3.05) is 18.0 Å². The molecule has 31 heavy (non-hydrogen) atoms. The first-order chi connectivity index (χ1) is 14.8. The van der Waals surface area contributed by atoms with Crippen LogP contribution in [0.25, 0.3) is 22.3 Å². The summed E-state index contributed by atoms with van der Waals surface area (Å²) in [5.74, 6) is 1.04. The van der Waals surface area contributed by atoms with E-state index in [1.165, 1.54) is 4.68 Å². The van der Waals surface area contributed by atoms with Gasteiger partial charge in [-0.1, -0.05) is 6.92 Å². The Morgan fingerprint density at radius 3 is 2.77 bits per heavy atom. The molecule has 0 amide bonds. The highest BCUT2D eigenvalue weighted by atomic mass is 16.5. The smallest absolute Gasteiger partial charge is 0.290 e. The van der Waals surface area contributed by atoms with Crippen molar-refractivity contribution >= 4 is 16.6 Å². The van der Waals surface area contributed by atoms with Gasteiger partial charge in [0.25, 0.3) is 5.56 Å². The van der Waals surface area contributed by atoms with Crippen LogP contribution in [0.1, 0.15) is 39.5 Å². The third-order valence-electron chi connectivity index (χ3n) is 6.69. The van der Waals surface area contributed by atoms with E-state index in [0.29, 0.717) is 30.0 Å². The maximum atomic E-state index is 12.9. The van der Waals surface area contributed by atoms with Crippen LogP contribution in [0.4, 0.5) is 5.69 Å². The number of nitrogens with zero attached hydrogens (tertiary/aromatic N) is 4. The lowest BCUT2D eigenvalue weighted by molar-refractivity contribution is 0.114. The Kier molecular flexibility index (Phi) is 4.77. The molecule has 3 heterocycles. The molecule has 2 aliphatic rings. The number of aliphatic hydroxyl groups excluding tert-OH is 1. The second kappa shape index (κ2) is 7.37. The number of H-pyrrole nitrogens is 1. The SMILES string of the molecule is C[C@@H]1CCN(c2cc(-c3n[nH]c4ccc(OC5(C)CC5)cc34)nn(C)c2=O)CC[C@@H]1O. The lowest BCUT2D eigenvalue weighted by Crippen LogP contribution is -2.33. The van der Waals surface area contributed by atoms with Gasteiger partial charge in [0.15, 0.2) is 0 Å². The molecule has 0 bridgehead atoms. The van der Waals surface area contributed by atoms with Gasteiger partial charge in [-0.3, -0.25) is 9.89 Å². The highest BCUT2D eigenvalue weighted by Crippen LogP contribution is 2.40. The van der Waals surface area contributed by atoms with Gasteiger partial charge < -0.3 is 14.7 Å². The number of anilines is 1. The molecule has 1 aliphatic carbocycles. The molecule has 8 nitrogen and oxygen atoms in total. The number of aromatic nitrogens is 4. The fourth-order valence-electron chi connectivity index (χ4n) is 4.23. The highest BCUT2D eigenvalue weighted by molar-refractivity contribution is 5.93. The molecular weight excluding hydrogens is 394 g/mol. The van der Waals surface area contributed by atoms with Gasteiger partial charge in [0.1, 0.15) is 28.4 Å². The second-order valence-corrected chi connectivity index (χ2v) is 9.28. The van der Waals surface area contributed by atoms with Crippen LogP contribution in [0.5, 0.6) is 5.75 Å². The fraction of sp³-hybridized carbons (Fsp3) is 0.522. The molecule has 164 valence electrons. The molecule has 8 heteroatoms. The van der Waals surface area contributed by atoms with E-state index in [0.717, 1.165) is 42.5 Å². The van der Waals surface area contributed by atoms with Crippen molar-refractivity contribution in [2.45, 2.75) is 51.2 Å². The predicted molar refractivity (Wildman–Crippen MR) is 119 cm³/mol. The summed E-state index contributed by atoms with van der Waals surface area (Å²) in [4.78, 5) is 15.0. The standard InChI is InChI=1S/C23H29N5O3/c1-14-6-10-28(11-7-20(14)29)19-13-18(26-27(3)22(19)30)21-16-12-15(31-23(2)8-9-23)4-5-17(16)24-25-21/h4-5,12-14,20,29H,6-11H2,1-3H3,(H,24,25)/t14-,20+/m1/s1. The number of hydrogen-bond donors (Lipinski definition) is 2. The van der Waals surface area contributed by atoms with Gasteiger partial charge in [-0.25, -0.2) is 4.68 Å². The van der Waals surface area contributed by atoms with Crippen molar-refractivity contribution in [3.05, 3.63) is 34.6 Å². The van der Waals surface area contributed by atoms with E-state index in [1.807, 2.05) is 24.3 Å². The molecule has 2 N–H and O–H groups in total. The van der Waals surface area contributed by atoms with E-state index in [1.54, 1.807) is 7.05 Å². The summed E-state index contributed by atoms with van der Waals surface area (Å²) in [6.45, 7) is 5.55. The van der Waals surface area contributed by atoms with Crippen LogP contribution in [-0.2, 0) is 7.05 Å². The summed E-state index contributed by atoms with van der Waals surface area (Å²) in [7, 11) is 1.67. The number of aryl methyl sites for hydroxylation is 1. The van der Waals surface area contributed by atoms with Crippen LogP contribution >= 0.6 is 0 Å². The maximum Gasteiger partial charge on any atom is 0.290 e.